The Balaban J connectivity index is 1.89. The van der Waals surface area contributed by atoms with Crippen molar-refractivity contribution in [2.75, 3.05) is 6.61 Å². The Morgan fingerprint density at radius 1 is 1.27 bits per heavy atom. The fourth-order valence-corrected chi connectivity index (χ4v) is 2.50. The van der Waals surface area contributed by atoms with Crippen LogP contribution < -0.4 is 4.74 Å². The number of hydrogen-bond donors (Lipinski definition) is 0. The predicted molar refractivity (Wildman–Crippen MR) is 96.3 cm³/mol. The maximum absolute atomic E-state index is 12.0. The van der Waals surface area contributed by atoms with Crippen molar-refractivity contribution in [3.8, 4) is 5.75 Å². The van der Waals surface area contributed by atoms with E-state index in [2.05, 4.69) is 4.99 Å². The van der Waals surface area contributed by atoms with Crippen LogP contribution in [0, 0.1) is 10.1 Å². The van der Waals surface area contributed by atoms with E-state index >= 15 is 0 Å². The van der Waals surface area contributed by atoms with Gasteiger partial charge >= 0.3 is 5.97 Å². The van der Waals surface area contributed by atoms with Crippen LogP contribution in [0.5, 0.6) is 5.75 Å². The number of nitro groups is 1. The number of hydrogen-bond acceptors (Lipinski definition) is 6. The van der Waals surface area contributed by atoms with Crippen LogP contribution >= 0.6 is 11.6 Å². The third-order valence-corrected chi connectivity index (χ3v) is 3.82. The number of aliphatic imine (C=N–C) groups is 1. The second-order valence-electron chi connectivity index (χ2n) is 5.26. The lowest BCUT2D eigenvalue weighted by atomic mass is 10.1. The Morgan fingerprint density at radius 3 is 2.65 bits per heavy atom. The van der Waals surface area contributed by atoms with Crippen molar-refractivity contribution in [1.29, 1.82) is 0 Å². The van der Waals surface area contributed by atoms with E-state index in [4.69, 9.17) is 21.1 Å². The molecule has 3 rings (SSSR count). The van der Waals surface area contributed by atoms with Crippen LogP contribution in [0.2, 0.25) is 5.02 Å². The van der Waals surface area contributed by atoms with Crippen molar-refractivity contribution < 1.29 is 19.2 Å². The zero-order valence-electron chi connectivity index (χ0n) is 13.6. The molecule has 0 saturated carbocycles. The molecule has 0 atom stereocenters. The first kappa shape index (κ1) is 17.6. The molecule has 0 aromatic heterocycles. The molecule has 0 N–H and O–H groups in total. The van der Waals surface area contributed by atoms with Crippen LogP contribution in [-0.2, 0) is 9.53 Å². The number of carbonyl (C=O) groups excluding carboxylic acids is 1. The van der Waals surface area contributed by atoms with E-state index in [0.29, 0.717) is 23.5 Å². The molecule has 1 aliphatic heterocycles. The number of carbonyl (C=O) groups is 1. The van der Waals surface area contributed by atoms with Crippen LogP contribution in [0.4, 0.5) is 5.69 Å². The molecule has 0 unspecified atom stereocenters. The van der Waals surface area contributed by atoms with Gasteiger partial charge in [-0.15, -0.1) is 0 Å². The summed E-state index contributed by atoms with van der Waals surface area (Å²) in [4.78, 5) is 26.6. The molecular formula is C18H13ClN2O5. The van der Waals surface area contributed by atoms with Crippen LogP contribution in [-0.4, -0.2) is 23.4 Å². The standard InChI is InChI=1S/C18H13ClN2O5/c1-2-25-13-6-4-12(5-7-13)17-20-15(18(22)26-17)9-11-3-8-14(19)16(10-11)21(23)24/h3-10H,2H2,1H3/b15-9-. The van der Waals surface area contributed by atoms with Crippen molar-refractivity contribution in [2.24, 2.45) is 4.99 Å². The normalized spacial score (nSPS) is 14.9. The molecule has 0 spiro atoms. The Kier molecular flexibility index (Phi) is 4.99. The molecule has 0 bridgehead atoms. The average molecular weight is 373 g/mol. The number of cyclic esters (lactones) is 1. The molecule has 8 heteroatoms. The van der Waals surface area contributed by atoms with Gasteiger partial charge in [0.1, 0.15) is 10.8 Å². The third-order valence-electron chi connectivity index (χ3n) is 3.50. The first-order valence-electron chi connectivity index (χ1n) is 7.67. The van der Waals surface area contributed by atoms with Crippen molar-refractivity contribution in [2.45, 2.75) is 6.92 Å². The van der Waals surface area contributed by atoms with Gasteiger partial charge in [-0.3, -0.25) is 10.1 Å². The zero-order valence-corrected chi connectivity index (χ0v) is 14.4. The Bertz CT molecular complexity index is 935. The van der Waals surface area contributed by atoms with Crippen molar-refractivity contribution >= 4 is 35.2 Å². The summed E-state index contributed by atoms with van der Waals surface area (Å²) in [7, 11) is 0. The van der Waals surface area contributed by atoms with Gasteiger partial charge in [-0.2, -0.15) is 0 Å². The molecule has 0 saturated heterocycles. The fourth-order valence-electron chi connectivity index (χ4n) is 2.31. The zero-order chi connectivity index (χ0) is 18.7. The van der Waals surface area contributed by atoms with Gasteiger partial charge in [-0.1, -0.05) is 17.7 Å². The van der Waals surface area contributed by atoms with Crippen LogP contribution in [0.15, 0.2) is 53.2 Å². The van der Waals surface area contributed by atoms with E-state index in [1.807, 2.05) is 6.92 Å². The summed E-state index contributed by atoms with van der Waals surface area (Å²) in [5.74, 6) is 0.227. The van der Waals surface area contributed by atoms with Gasteiger partial charge in [0.25, 0.3) is 5.69 Å². The predicted octanol–water partition coefficient (Wildman–Crippen LogP) is 3.99. The minimum atomic E-state index is -0.633. The highest BCUT2D eigenvalue weighted by molar-refractivity contribution is 6.32. The monoisotopic (exact) mass is 372 g/mol. The van der Waals surface area contributed by atoms with Gasteiger partial charge in [0, 0.05) is 11.6 Å². The van der Waals surface area contributed by atoms with Crippen LogP contribution in [0.25, 0.3) is 6.08 Å². The molecule has 2 aromatic rings. The smallest absolute Gasteiger partial charge is 0.363 e. The lowest BCUT2D eigenvalue weighted by Gasteiger charge is -2.03. The number of ether oxygens (including phenoxy) is 2. The lowest BCUT2D eigenvalue weighted by Crippen LogP contribution is -2.05. The first-order valence-corrected chi connectivity index (χ1v) is 8.05. The number of halogens is 1. The molecule has 7 nitrogen and oxygen atoms in total. The second kappa shape index (κ2) is 7.37. The van der Waals surface area contributed by atoms with Crippen molar-refractivity contribution in [3.05, 3.63) is 74.4 Å². The van der Waals surface area contributed by atoms with E-state index in [0.717, 1.165) is 0 Å². The summed E-state index contributed by atoms with van der Waals surface area (Å²) in [5, 5.41) is 11.0. The summed E-state index contributed by atoms with van der Waals surface area (Å²) in [6.45, 7) is 2.43. The highest BCUT2D eigenvalue weighted by Crippen LogP contribution is 2.27. The molecule has 132 valence electrons. The third kappa shape index (κ3) is 3.73. The minimum Gasteiger partial charge on any atom is -0.494 e. The van der Waals surface area contributed by atoms with Gasteiger partial charge in [0.2, 0.25) is 5.90 Å². The van der Waals surface area contributed by atoms with Gasteiger partial charge in [0.15, 0.2) is 5.70 Å². The maximum Gasteiger partial charge on any atom is 0.363 e. The van der Waals surface area contributed by atoms with E-state index < -0.39 is 10.9 Å². The molecule has 0 aliphatic carbocycles. The topological polar surface area (TPSA) is 91.0 Å². The Morgan fingerprint density at radius 2 is 2.00 bits per heavy atom. The van der Waals surface area contributed by atoms with E-state index in [9.17, 15) is 14.9 Å². The van der Waals surface area contributed by atoms with Gasteiger partial charge in [-0.25, -0.2) is 9.79 Å². The molecular weight excluding hydrogens is 360 g/mol. The average Bonchev–Trinajstić information content (AvgIpc) is 2.98. The van der Waals surface area contributed by atoms with Crippen LogP contribution in [0.1, 0.15) is 18.1 Å². The highest BCUT2D eigenvalue weighted by atomic mass is 35.5. The van der Waals surface area contributed by atoms with Crippen LogP contribution in [0.3, 0.4) is 0 Å². The number of esters is 1. The van der Waals surface area contributed by atoms with E-state index in [-0.39, 0.29) is 22.3 Å². The summed E-state index contributed by atoms with van der Waals surface area (Å²) in [6.07, 6.45) is 1.41. The molecule has 0 amide bonds. The summed E-state index contributed by atoms with van der Waals surface area (Å²) in [5.41, 5.74) is 0.839. The number of rotatable bonds is 5. The van der Waals surface area contributed by atoms with E-state index in [1.54, 1.807) is 30.3 Å². The van der Waals surface area contributed by atoms with Gasteiger partial charge < -0.3 is 9.47 Å². The fraction of sp³-hybridized carbons (Fsp3) is 0.111. The van der Waals surface area contributed by atoms with Crippen molar-refractivity contribution in [1.82, 2.24) is 0 Å². The van der Waals surface area contributed by atoms with E-state index in [1.165, 1.54) is 18.2 Å². The summed E-state index contributed by atoms with van der Waals surface area (Å²) in [6, 6.07) is 11.2. The number of benzene rings is 2. The molecule has 2 aromatic carbocycles. The summed E-state index contributed by atoms with van der Waals surface area (Å²) >= 11 is 5.78. The second-order valence-corrected chi connectivity index (χ2v) is 5.67. The maximum atomic E-state index is 12.0. The summed E-state index contributed by atoms with van der Waals surface area (Å²) < 4.78 is 10.5. The first-order chi connectivity index (χ1) is 12.5. The Hall–Kier alpha value is -3.19. The quantitative estimate of drug-likeness (QED) is 0.342. The Labute approximate surface area is 153 Å². The van der Waals surface area contributed by atoms with Gasteiger partial charge in [0.05, 0.1) is 11.5 Å². The van der Waals surface area contributed by atoms with Crippen molar-refractivity contribution in [3.63, 3.8) is 0 Å². The highest BCUT2D eigenvalue weighted by Gasteiger charge is 2.24. The molecule has 0 radical (unpaired) electrons. The molecule has 0 fully saturated rings. The lowest BCUT2D eigenvalue weighted by molar-refractivity contribution is -0.384. The minimum absolute atomic E-state index is 0.0183. The number of nitro benzene ring substituents is 1. The number of nitrogens with zero attached hydrogens (tertiary/aromatic N) is 2. The SMILES string of the molecule is CCOc1ccc(C2=N/C(=C\c3ccc(Cl)c([N+](=O)[O-])c3)C(=O)O2)cc1. The molecule has 1 heterocycles. The largest absolute Gasteiger partial charge is 0.494 e. The molecule has 1 aliphatic rings. The molecule has 26 heavy (non-hydrogen) atoms. The van der Waals surface area contributed by atoms with Gasteiger partial charge in [-0.05, 0) is 48.9 Å².